The van der Waals surface area contributed by atoms with E-state index in [2.05, 4.69) is 17.6 Å². The second-order valence-corrected chi connectivity index (χ2v) is 4.94. The zero-order chi connectivity index (χ0) is 12.7. The molecule has 0 spiro atoms. The zero-order valence-corrected chi connectivity index (χ0v) is 10.3. The molecule has 0 aromatic heterocycles. The molecule has 18 heavy (non-hydrogen) atoms. The zero-order valence-electron chi connectivity index (χ0n) is 10.3. The molecule has 2 atom stereocenters. The summed E-state index contributed by atoms with van der Waals surface area (Å²) < 4.78 is 5.51. The van der Waals surface area contributed by atoms with Gasteiger partial charge in [-0.25, -0.2) is 0 Å². The Morgan fingerprint density at radius 1 is 1.50 bits per heavy atom. The molecule has 96 valence electrons. The summed E-state index contributed by atoms with van der Waals surface area (Å²) in [4.78, 5) is 11.3. The average Bonchev–Trinajstić information content (AvgIpc) is 2.85. The Hall–Kier alpha value is -1.75. The molecule has 4 N–H and O–H groups in total. The van der Waals surface area contributed by atoms with Gasteiger partial charge < -0.3 is 21.1 Å². The molecule has 2 unspecified atom stereocenters. The van der Waals surface area contributed by atoms with Gasteiger partial charge in [0.05, 0.1) is 29.9 Å². The Labute approximate surface area is 106 Å². The SMILES string of the molecule is CC1OCCC1Nc1cc2c(cc1N)CC(=O)N2. The fourth-order valence-electron chi connectivity index (χ4n) is 2.54. The third kappa shape index (κ3) is 1.90. The number of benzene rings is 1. The molecule has 5 heteroatoms. The lowest BCUT2D eigenvalue weighted by Gasteiger charge is -2.19. The van der Waals surface area contributed by atoms with Crippen LogP contribution in [0, 0.1) is 0 Å². The molecule has 0 aliphatic carbocycles. The first-order valence-electron chi connectivity index (χ1n) is 6.24. The monoisotopic (exact) mass is 247 g/mol. The maximum absolute atomic E-state index is 11.3. The van der Waals surface area contributed by atoms with E-state index in [1.165, 1.54) is 0 Å². The molecule has 1 fully saturated rings. The summed E-state index contributed by atoms with van der Waals surface area (Å²) in [6, 6.07) is 4.07. The lowest BCUT2D eigenvalue weighted by Crippen LogP contribution is -2.27. The molecular formula is C13H17N3O2. The smallest absolute Gasteiger partial charge is 0.228 e. The number of carbonyl (C=O) groups is 1. The van der Waals surface area contributed by atoms with Crippen LogP contribution in [0.1, 0.15) is 18.9 Å². The van der Waals surface area contributed by atoms with Crippen molar-refractivity contribution in [2.75, 3.05) is 23.0 Å². The predicted molar refractivity (Wildman–Crippen MR) is 70.6 cm³/mol. The van der Waals surface area contributed by atoms with Crippen molar-refractivity contribution in [1.82, 2.24) is 0 Å². The number of rotatable bonds is 2. The van der Waals surface area contributed by atoms with Crippen LogP contribution in [0.5, 0.6) is 0 Å². The number of fused-ring (bicyclic) bond motifs is 1. The first-order valence-corrected chi connectivity index (χ1v) is 6.24. The first kappa shape index (κ1) is 11.3. The van der Waals surface area contributed by atoms with Crippen LogP contribution in [0.15, 0.2) is 12.1 Å². The molecule has 1 saturated heterocycles. The second kappa shape index (κ2) is 4.17. The minimum Gasteiger partial charge on any atom is -0.397 e. The molecular weight excluding hydrogens is 230 g/mol. The minimum atomic E-state index is 0.0270. The van der Waals surface area contributed by atoms with Crippen molar-refractivity contribution in [3.05, 3.63) is 17.7 Å². The van der Waals surface area contributed by atoms with E-state index in [4.69, 9.17) is 10.5 Å². The van der Waals surface area contributed by atoms with Crippen molar-refractivity contribution in [3.63, 3.8) is 0 Å². The second-order valence-electron chi connectivity index (χ2n) is 4.94. The van der Waals surface area contributed by atoms with E-state index < -0.39 is 0 Å². The van der Waals surface area contributed by atoms with Crippen LogP contribution >= 0.6 is 0 Å². The summed E-state index contributed by atoms with van der Waals surface area (Å²) in [6.45, 7) is 2.83. The van der Waals surface area contributed by atoms with Gasteiger partial charge >= 0.3 is 0 Å². The number of nitrogens with one attached hydrogen (secondary N) is 2. The van der Waals surface area contributed by atoms with E-state index in [1.807, 2.05) is 12.1 Å². The molecule has 0 bridgehead atoms. The van der Waals surface area contributed by atoms with Gasteiger partial charge in [0, 0.05) is 12.3 Å². The van der Waals surface area contributed by atoms with Crippen molar-refractivity contribution in [2.45, 2.75) is 31.9 Å². The van der Waals surface area contributed by atoms with Crippen LogP contribution in [0.3, 0.4) is 0 Å². The van der Waals surface area contributed by atoms with E-state index in [1.54, 1.807) is 0 Å². The largest absolute Gasteiger partial charge is 0.397 e. The van der Waals surface area contributed by atoms with Gasteiger partial charge in [-0.3, -0.25) is 4.79 Å². The van der Waals surface area contributed by atoms with Crippen molar-refractivity contribution >= 4 is 23.0 Å². The first-order chi connectivity index (χ1) is 8.63. The third-order valence-electron chi connectivity index (χ3n) is 3.62. The van der Waals surface area contributed by atoms with Crippen LogP contribution < -0.4 is 16.4 Å². The van der Waals surface area contributed by atoms with E-state index in [9.17, 15) is 4.79 Å². The molecule has 0 radical (unpaired) electrons. The molecule has 2 heterocycles. The number of carbonyl (C=O) groups excluding carboxylic acids is 1. The lowest BCUT2D eigenvalue weighted by molar-refractivity contribution is -0.115. The summed E-state index contributed by atoms with van der Waals surface area (Å²) in [7, 11) is 0. The number of hydrogen-bond donors (Lipinski definition) is 3. The molecule has 3 rings (SSSR count). The number of hydrogen-bond acceptors (Lipinski definition) is 4. The van der Waals surface area contributed by atoms with Crippen molar-refractivity contribution in [3.8, 4) is 0 Å². The summed E-state index contributed by atoms with van der Waals surface area (Å²) in [6.07, 6.45) is 1.58. The Morgan fingerprint density at radius 2 is 2.33 bits per heavy atom. The number of nitrogen functional groups attached to an aromatic ring is 1. The molecule has 1 aromatic rings. The fraction of sp³-hybridized carbons (Fsp3) is 0.462. The third-order valence-corrected chi connectivity index (χ3v) is 3.62. The van der Waals surface area contributed by atoms with Crippen LogP contribution in [0.2, 0.25) is 0 Å². The molecule has 2 aliphatic rings. The number of amides is 1. The van der Waals surface area contributed by atoms with Gasteiger partial charge in [-0.05, 0) is 31.0 Å². The minimum absolute atomic E-state index is 0.0270. The Morgan fingerprint density at radius 3 is 3.06 bits per heavy atom. The van der Waals surface area contributed by atoms with E-state index in [-0.39, 0.29) is 18.1 Å². The molecule has 2 aliphatic heterocycles. The topological polar surface area (TPSA) is 76.4 Å². The Bertz CT molecular complexity index is 501. The van der Waals surface area contributed by atoms with Crippen molar-refractivity contribution in [2.24, 2.45) is 0 Å². The van der Waals surface area contributed by atoms with Crippen LogP contribution in [-0.4, -0.2) is 24.7 Å². The van der Waals surface area contributed by atoms with Crippen LogP contribution in [0.4, 0.5) is 17.1 Å². The van der Waals surface area contributed by atoms with Gasteiger partial charge in [0.1, 0.15) is 0 Å². The number of anilines is 3. The van der Waals surface area contributed by atoms with Crippen molar-refractivity contribution < 1.29 is 9.53 Å². The quantitative estimate of drug-likeness (QED) is 0.689. The highest BCUT2D eigenvalue weighted by Gasteiger charge is 2.25. The molecule has 0 saturated carbocycles. The average molecular weight is 247 g/mol. The van der Waals surface area contributed by atoms with Gasteiger partial charge in [-0.1, -0.05) is 0 Å². The summed E-state index contributed by atoms with van der Waals surface area (Å²) in [5, 5.41) is 6.24. The number of nitrogens with two attached hydrogens (primary N) is 1. The van der Waals surface area contributed by atoms with Gasteiger partial charge in [0.2, 0.25) is 5.91 Å². The normalized spacial score (nSPS) is 25.9. The summed E-state index contributed by atoms with van der Waals surface area (Å²) in [5.74, 6) is 0.0270. The standard InChI is InChI=1S/C13H17N3O2/c1-7-10(2-3-18-7)15-12-6-11-8(4-9(12)14)5-13(17)16-11/h4,6-7,10,15H,2-3,5,14H2,1H3,(H,16,17). The van der Waals surface area contributed by atoms with Gasteiger partial charge in [0.25, 0.3) is 0 Å². The van der Waals surface area contributed by atoms with E-state index >= 15 is 0 Å². The van der Waals surface area contributed by atoms with Gasteiger partial charge in [-0.15, -0.1) is 0 Å². The predicted octanol–water partition coefficient (Wildman–Crippen LogP) is 1.35. The summed E-state index contributed by atoms with van der Waals surface area (Å²) >= 11 is 0. The molecule has 1 aromatic carbocycles. The summed E-state index contributed by atoms with van der Waals surface area (Å²) in [5.41, 5.74) is 9.41. The highest BCUT2D eigenvalue weighted by molar-refractivity contribution is 6.00. The van der Waals surface area contributed by atoms with E-state index in [0.29, 0.717) is 12.1 Å². The van der Waals surface area contributed by atoms with Crippen LogP contribution in [-0.2, 0) is 16.0 Å². The maximum atomic E-state index is 11.3. The highest BCUT2D eigenvalue weighted by Crippen LogP contribution is 2.32. The fourth-order valence-corrected chi connectivity index (χ4v) is 2.54. The van der Waals surface area contributed by atoms with E-state index in [0.717, 1.165) is 30.0 Å². The van der Waals surface area contributed by atoms with Gasteiger partial charge in [-0.2, -0.15) is 0 Å². The van der Waals surface area contributed by atoms with Crippen LogP contribution in [0.25, 0.3) is 0 Å². The van der Waals surface area contributed by atoms with Crippen molar-refractivity contribution in [1.29, 1.82) is 0 Å². The Kier molecular flexibility index (Phi) is 2.63. The maximum Gasteiger partial charge on any atom is 0.228 e. The lowest BCUT2D eigenvalue weighted by atomic mass is 10.1. The number of ether oxygens (including phenoxy) is 1. The van der Waals surface area contributed by atoms with Gasteiger partial charge in [0.15, 0.2) is 0 Å². The highest BCUT2D eigenvalue weighted by atomic mass is 16.5. The molecule has 1 amide bonds. The molecule has 5 nitrogen and oxygen atoms in total. The Balaban J connectivity index is 1.84.